The Morgan fingerprint density at radius 2 is 2.05 bits per heavy atom. The van der Waals surface area contributed by atoms with Crippen molar-refractivity contribution in [3.05, 3.63) is 29.8 Å². The maximum Gasteiger partial charge on any atom is 0.325 e. The Hall–Kier alpha value is -2.02. The summed E-state index contributed by atoms with van der Waals surface area (Å²) in [5.41, 5.74) is 0.734. The van der Waals surface area contributed by atoms with Gasteiger partial charge in [0.05, 0.1) is 13.3 Å². The van der Waals surface area contributed by atoms with E-state index in [1.54, 1.807) is 38.3 Å². The van der Waals surface area contributed by atoms with Gasteiger partial charge in [0.25, 0.3) is 0 Å². The first-order valence-electron chi connectivity index (χ1n) is 6.30. The summed E-state index contributed by atoms with van der Waals surface area (Å²) < 4.78 is 5.04. The molecule has 0 aliphatic carbocycles. The third kappa shape index (κ3) is 5.47. The molecule has 1 rings (SSSR count). The molecule has 0 heterocycles. The molecule has 0 radical (unpaired) electrons. The number of aliphatic carboxylic acids is 1. The summed E-state index contributed by atoms with van der Waals surface area (Å²) in [5, 5.41) is 13.7. The van der Waals surface area contributed by atoms with Gasteiger partial charge in [0, 0.05) is 11.7 Å². The number of nitrogens with zero attached hydrogens (tertiary/aromatic N) is 2. The van der Waals surface area contributed by atoms with Crippen LogP contribution in [0.3, 0.4) is 0 Å². The van der Waals surface area contributed by atoms with E-state index in [9.17, 15) is 9.59 Å². The molecule has 1 atom stereocenters. The topological polar surface area (TPSA) is 79.2 Å². The minimum absolute atomic E-state index is 0.326. The minimum atomic E-state index is -1.12. The van der Waals surface area contributed by atoms with Gasteiger partial charge in [0.15, 0.2) is 0 Å². The van der Waals surface area contributed by atoms with Gasteiger partial charge in [-0.1, -0.05) is 6.92 Å². The monoisotopic (exact) mass is 310 g/mol. The van der Waals surface area contributed by atoms with Gasteiger partial charge < -0.3 is 9.84 Å². The van der Waals surface area contributed by atoms with Crippen molar-refractivity contribution in [3.8, 4) is 5.75 Å². The van der Waals surface area contributed by atoms with Crippen LogP contribution in [0.1, 0.15) is 12.5 Å². The molecule has 114 valence electrons. The third-order valence-electron chi connectivity index (χ3n) is 2.70. The molecule has 0 fully saturated rings. The van der Waals surface area contributed by atoms with E-state index in [0.29, 0.717) is 11.5 Å². The van der Waals surface area contributed by atoms with Crippen LogP contribution in [0.25, 0.3) is 0 Å². The largest absolute Gasteiger partial charge is 0.497 e. The zero-order valence-electron chi connectivity index (χ0n) is 11.9. The van der Waals surface area contributed by atoms with Crippen molar-refractivity contribution in [2.24, 2.45) is 11.0 Å². The van der Waals surface area contributed by atoms with Gasteiger partial charge >= 0.3 is 5.97 Å². The summed E-state index contributed by atoms with van der Waals surface area (Å²) in [4.78, 5) is 22.8. The van der Waals surface area contributed by atoms with Gasteiger partial charge in [-0.3, -0.25) is 9.59 Å². The maximum atomic E-state index is 12.0. The van der Waals surface area contributed by atoms with Crippen molar-refractivity contribution >= 4 is 30.7 Å². The summed E-state index contributed by atoms with van der Waals surface area (Å²) in [6, 6.07) is 7.02. The summed E-state index contributed by atoms with van der Waals surface area (Å²) in [5.74, 6) is -0.874. The van der Waals surface area contributed by atoms with Crippen LogP contribution in [0.4, 0.5) is 0 Å². The number of carboxylic acid groups (broad SMARTS) is 1. The lowest BCUT2D eigenvalue weighted by molar-refractivity contribution is -0.145. The van der Waals surface area contributed by atoms with Gasteiger partial charge in [-0.2, -0.15) is 17.7 Å². The lowest BCUT2D eigenvalue weighted by Gasteiger charge is -2.18. The normalized spacial score (nSPS) is 12.1. The highest BCUT2D eigenvalue weighted by Gasteiger charge is 2.20. The fourth-order valence-corrected chi connectivity index (χ4v) is 1.62. The summed E-state index contributed by atoms with van der Waals surface area (Å²) in [6.45, 7) is 1.19. The number of hydrogen-bond donors (Lipinski definition) is 2. The van der Waals surface area contributed by atoms with Crippen molar-refractivity contribution in [2.75, 3.05) is 19.4 Å². The Morgan fingerprint density at radius 1 is 1.43 bits per heavy atom. The first-order chi connectivity index (χ1) is 9.97. The first kappa shape index (κ1) is 17.0. The molecule has 0 saturated carbocycles. The zero-order chi connectivity index (χ0) is 15.8. The molecule has 0 aromatic heterocycles. The van der Waals surface area contributed by atoms with Gasteiger partial charge in [-0.15, -0.1) is 0 Å². The molecular weight excluding hydrogens is 292 g/mol. The molecule has 21 heavy (non-hydrogen) atoms. The van der Waals surface area contributed by atoms with Gasteiger partial charge in [0.2, 0.25) is 5.91 Å². The molecule has 0 saturated heterocycles. The number of carbonyl (C=O) groups is 2. The van der Waals surface area contributed by atoms with E-state index in [2.05, 4.69) is 17.7 Å². The SMILES string of the molecule is COc1ccc(C=NN(CC(=O)O)C(=O)C(C)CS)cc1. The molecule has 1 aromatic carbocycles. The quantitative estimate of drug-likeness (QED) is 0.454. The number of rotatable bonds is 7. The first-order valence-corrected chi connectivity index (χ1v) is 6.93. The van der Waals surface area contributed by atoms with Crippen LogP contribution in [-0.2, 0) is 9.59 Å². The standard InChI is InChI=1S/C14H18N2O4S/c1-10(9-21)14(19)16(8-13(17)18)15-7-11-3-5-12(20-2)6-4-11/h3-7,10,21H,8-9H2,1-2H3,(H,17,18). The van der Waals surface area contributed by atoms with Crippen molar-refractivity contribution in [1.82, 2.24) is 5.01 Å². The van der Waals surface area contributed by atoms with Crippen molar-refractivity contribution < 1.29 is 19.4 Å². The average Bonchev–Trinajstić information content (AvgIpc) is 2.50. The van der Waals surface area contributed by atoms with Crippen molar-refractivity contribution in [2.45, 2.75) is 6.92 Å². The zero-order valence-corrected chi connectivity index (χ0v) is 12.8. The molecule has 0 spiro atoms. The predicted octanol–water partition coefficient (Wildman–Crippen LogP) is 1.51. The van der Waals surface area contributed by atoms with Crippen LogP contribution < -0.4 is 4.74 Å². The molecule has 7 heteroatoms. The van der Waals surface area contributed by atoms with Gasteiger partial charge in [-0.05, 0) is 29.8 Å². The van der Waals surface area contributed by atoms with E-state index in [0.717, 1.165) is 10.6 Å². The van der Waals surface area contributed by atoms with E-state index in [4.69, 9.17) is 9.84 Å². The number of hydrazone groups is 1. The van der Waals surface area contributed by atoms with E-state index in [1.807, 2.05) is 0 Å². The molecule has 0 aliphatic heterocycles. The van der Waals surface area contributed by atoms with Crippen LogP contribution in [0, 0.1) is 5.92 Å². The van der Waals surface area contributed by atoms with Crippen LogP contribution in [0.5, 0.6) is 5.75 Å². The van der Waals surface area contributed by atoms with Crippen LogP contribution >= 0.6 is 12.6 Å². The van der Waals surface area contributed by atoms with Crippen LogP contribution in [0.2, 0.25) is 0 Å². The number of ether oxygens (including phenoxy) is 1. The number of benzene rings is 1. The van der Waals surface area contributed by atoms with E-state index in [-0.39, 0.29) is 5.91 Å². The fraction of sp³-hybridized carbons (Fsp3) is 0.357. The van der Waals surface area contributed by atoms with E-state index >= 15 is 0 Å². The van der Waals surface area contributed by atoms with E-state index < -0.39 is 18.4 Å². The number of methoxy groups -OCH3 is 1. The summed E-state index contributed by atoms with van der Waals surface area (Å²) in [6.07, 6.45) is 1.44. The minimum Gasteiger partial charge on any atom is -0.497 e. The number of amides is 1. The predicted molar refractivity (Wildman–Crippen MR) is 83.0 cm³/mol. The second-order valence-electron chi connectivity index (χ2n) is 4.39. The molecule has 0 aliphatic rings. The molecule has 6 nitrogen and oxygen atoms in total. The van der Waals surface area contributed by atoms with Gasteiger partial charge in [0.1, 0.15) is 12.3 Å². The van der Waals surface area contributed by atoms with E-state index in [1.165, 1.54) is 6.21 Å². The molecule has 1 N–H and O–H groups in total. The fourth-order valence-electron chi connectivity index (χ4n) is 1.46. The number of carboxylic acids is 1. The van der Waals surface area contributed by atoms with Gasteiger partial charge in [-0.25, -0.2) is 5.01 Å². The second-order valence-corrected chi connectivity index (χ2v) is 4.76. The number of hydrogen-bond acceptors (Lipinski definition) is 5. The number of thiol groups is 1. The molecule has 1 unspecified atom stereocenters. The Labute approximate surface area is 128 Å². The Balaban J connectivity index is 2.85. The number of carbonyl (C=O) groups excluding carboxylic acids is 1. The lowest BCUT2D eigenvalue weighted by Crippen LogP contribution is -2.35. The third-order valence-corrected chi connectivity index (χ3v) is 3.24. The molecule has 0 bridgehead atoms. The maximum absolute atomic E-state index is 12.0. The molecule has 1 amide bonds. The Kier molecular flexibility index (Phi) is 6.74. The molecule has 1 aromatic rings. The Morgan fingerprint density at radius 3 is 2.52 bits per heavy atom. The highest BCUT2D eigenvalue weighted by Crippen LogP contribution is 2.10. The van der Waals surface area contributed by atoms with Crippen molar-refractivity contribution in [1.29, 1.82) is 0 Å². The smallest absolute Gasteiger partial charge is 0.325 e. The highest BCUT2D eigenvalue weighted by molar-refractivity contribution is 7.80. The van der Waals surface area contributed by atoms with Crippen LogP contribution in [0.15, 0.2) is 29.4 Å². The van der Waals surface area contributed by atoms with Crippen molar-refractivity contribution in [3.63, 3.8) is 0 Å². The van der Waals surface area contributed by atoms with Crippen LogP contribution in [-0.4, -0.2) is 47.6 Å². The average molecular weight is 310 g/mol. The lowest BCUT2D eigenvalue weighted by atomic mass is 10.2. The highest BCUT2D eigenvalue weighted by atomic mass is 32.1. The Bertz CT molecular complexity index is 516. The second kappa shape index (κ2) is 8.31. The summed E-state index contributed by atoms with van der Waals surface area (Å²) in [7, 11) is 1.56. The molecular formula is C14H18N2O4S. The summed E-state index contributed by atoms with van der Waals surface area (Å²) >= 11 is 4.04.